The first kappa shape index (κ1) is 22.8. The van der Waals surface area contributed by atoms with E-state index in [4.69, 9.17) is 29.7 Å². The zero-order valence-electron chi connectivity index (χ0n) is 18.9. The fourth-order valence-electron chi connectivity index (χ4n) is 3.87. The van der Waals surface area contributed by atoms with Crippen molar-refractivity contribution in [3.8, 4) is 34.0 Å². The Morgan fingerprint density at radius 2 is 1.03 bits per heavy atom. The average molecular weight is 480 g/mol. The number of pyridine rings is 2. The Kier molecular flexibility index (Phi) is 6.15. The molecule has 8 nitrogen and oxygen atoms in total. The molecule has 0 amide bonds. The van der Waals surface area contributed by atoms with Gasteiger partial charge < -0.3 is 19.7 Å². The van der Waals surface area contributed by atoms with Crippen molar-refractivity contribution >= 4 is 33.7 Å². The van der Waals surface area contributed by atoms with Crippen LogP contribution >= 0.6 is 0 Å². The minimum Gasteiger partial charge on any atom is -0.482 e. The maximum absolute atomic E-state index is 10.8. The summed E-state index contributed by atoms with van der Waals surface area (Å²) in [4.78, 5) is 31.4. The predicted molar refractivity (Wildman–Crippen MR) is 134 cm³/mol. The van der Waals surface area contributed by atoms with Crippen LogP contribution in [-0.2, 0) is 9.59 Å². The molecule has 3 aromatic carbocycles. The van der Waals surface area contributed by atoms with E-state index in [1.807, 2.05) is 48.5 Å². The molecule has 5 aromatic rings. The van der Waals surface area contributed by atoms with Crippen molar-refractivity contribution in [2.24, 2.45) is 0 Å². The summed E-state index contributed by atoms with van der Waals surface area (Å²) in [6.07, 6.45) is 0. The van der Waals surface area contributed by atoms with Crippen LogP contribution < -0.4 is 9.47 Å². The zero-order valence-corrected chi connectivity index (χ0v) is 18.9. The average Bonchev–Trinajstić information content (AvgIpc) is 2.90. The molecule has 0 unspecified atom stereocenters. The second-order valence-corrected chi connectivity index (χ2v) is 8.02. The van der Waals surface area contributed by atoms with Gasteiger partial charge in [-0.15, -0.1) is 0 Å². The summed E-state index contributed by atoms with van der Waals surface area (Å²) >= 11 is 0. The lowest BCUT2D eigenvalue weighted by Crippen LogP contribution is -2.09. The molecule has 5 rings (SSSR count). The Bertz CT molecular complexity index is 1490. The van der Waals surface area contributed by atoms with Crippen molar-refractivity contribution in [3.63, 3.8) is 0 Å². The summed E-state index contributed by atoms with van der Waals surface area (Å²) in [5.41, 5.74) is 4.43. The largest absolute Gasteiger partial charge is 0.482 e. The van der Waals surface area contributed by atoms with Gasteiger partial charge in [0.2, 0.25) is 0 Å². The van der Waals surface area contributed by atoms with Gasteiger partial charge in [-0.05, 0) is 36.4 Å². The van der Waals surface area contributed by atoms with E-state index >= 15 is 0 Å². The van der Waals surface area contributed by atoms with Gasteiger partial charge in [0, 0.05) is 21.9 Å². The molecule has 0 saturated carbocycles. The van der Waals surface area contributed by atoms with Crippen LogP contribution in [0.25, 0.3) is 44.3 Å². The molecule has 0 radical (unpaired) electrons. The number of ether oxygens (including phenoxy) is 2. The normalized spacial score (nSPS) is 10.9. The van der Waals surface area contributed by atoms with Crippen LogP contribution in [0.4, 0.5) is 0 Å². The predicted octanol–water partition coefficient (Wildman–Crippen LogP) is 5.04. The van der Waals surface area contributed by atoms with E-state index in [2.05, 4.69) is 0 Å². The maximum Gasteiger partial charge on any atom is 0.341 e. The maximum atomic E-state index is 10.8. The van der Waals surface area contributed by atoms with E-state index in [1.165, 1.54) is 0 Å². The van der Waals surface area contributed by atoms with Gasteiger partial charge in [-0.2, -0.15) is 0 Å². The van der Waals surface area contributed by atoms with Crippen molar-refractivity contribution < 1.29 is 29.3 Å². The first-order valence-electron chi connectivity index (χ1n) is 11.1. The van der Waals surface area contributed by atoms with Crippen LogP contribution in [0.2, 0.25) is 0 Å². The number of carbonyl (C=O) groups is 2. The highest BCUT2D eigenvalue weighted by Crippen LogP contribution is 2.30. The molecule has 0 aliphatic rings. The third-order valence-electron chi connectivity index (χ3n) is 5.50. The lowest BCUT2D eigenvalue weighted by molar-refractivity contribution is -0.140. The number of carboxylic acids is 2. The standard InChI is InChI=1S/C28H20N2O6/c31-25(32)15-35-21-5-1-3-19(13-21)23-11-9-17-7-8-18-10-12-24(30-28(18)27(17)29-23)20-4-2-6-22(14-20)36-16-26(33)34/h1-14H,15-16H2,(H,31,32)(H,33,34). The number of fused-ring (bicyclic) bond motifs is 3. The first-order valence-corrected chi connectivity index (χ1v) is 11.1. The van der Waals surface area contributed by atoms with Gasteiger partial charge in [-0.3, -0.25) is 0 Å². The molecule has 0 aliphatic heterocycles. The molecular weight excluding hydrogens is 460 g/mol. The Labute approximate surface area is 205 Å². The lowest BCUT2D eigenvalue weighted by atomic mass is 10.1. The summed E-state index contributed by atoms with van der Waals surface area (Å²) in [5, 5.41) is 19.6. The van der Waals surface area contributed by atoms with E-state index in [0.717, 1.165) is 32.9 Å². The van der Waals surface area contributed by atoms with E-state index in [1.54, 1.807) is 36.4 Å². The minimum absolute atomic E-state index is 0.422. The Balaban J connectivity index is 1.55. The van der Waals surface area contributed by atoms with Crippen molar-refractivity contribution in [1.29, 1.82) is 0 Å². The molecule has 0 aliphatic carbocycles. The fraction of sp³-hybridized carbons (Fsp3) is 0.0714. The highest BCUT2D eigenvalue weighted by molar-refractivity contribution is 6.04. The van der Waals surface area contributed by atoms with Gasteiger partial charge >= 0.3 is 11.9 Å². The van der Waals surface area contributed by atoms with E-state index in [-0.39, 0.29) is 0 Å². The molecule has 2 aromatic heterocycles. The second kappa shape index (κ2) is 9.71. The van der Waals surface area contributed by atoms with Crippen LogP contribution in [0.1, 0.15) is 0 Å². The van der Waals surface area contributed by atoms with Crippen LogP contribution in [0.15, 0.2) is 84.9 Å². The highest BCUT2D eigenvalue weighted by atomic mass is 16.5. The highest BCUT2D eigenvalue weighted by Gasteiger charge is 2.10. The monoisotopic (exact) mass is 480 g/mol. The van der Waals surface area contributed by atoms with Crippen molar-refractivity contribution in [2.45, 2.75) is 0 Å². The van der Waals surface area contributed by atoms with E-state index in [0.29, 0.717) is 22.9 Å². The number of hydrogen-bond acceptors (Lipinski definition) is 6. The quantitative estimate of drug-likeness (QED) is 0.296. The van der Waals surface area contributed by atoms with Crippen LogP contribution in [0, 0.1) is 0 Å². The molecule has 2 N–H and O–H groups in total. The third kappa shape index (κ3) is 4.92. The number of nitrogens with zero attached hydrogens (tertiary/aromatic N) is 2. The number of aliphatic carboxylic acids is 2. The van der Waals surface area contributed by atoms with Gasteiger partial charge in [0.15, 0.2) is 13.2 Å². The van der Waals surface area contributed by atoms with Gasteiger partial charge in [-0.1, -0.05) is 48.5 Å². The molecule has 0 fully saturated rings. The molecular formula is C28H20N2O6. The SMILES string of the molecule is O=C(O)COc1cccc(-c2ccc3ccc4ccc(-c5cccc(OCC(=O)O)c5)nc4c3n2)c1. The number of hydrogen-bond donors (Lipinski definition) is 2. The summed E-state index contributed by atoms with van der Waals surface area (Å²) in [6, 6.07) is 26.0. The van der Waals surface area contributed by atoms with E-state index < -0.39 is 25.2 Å². The molecule has 178 valence electrons. The van der Waals surface area contributed by atoms with Crippen molar-refractivity contribution in [2.75, 3.05) is 13.2 Å². The van der Waals surface area contributed by atoms with Crippen LogP contribution in [0.3, 0.4) is 0 Å². The molecule has 0 saturated heterocycles. The van der Waals surface area contributed by atoms with Crippen molar-refractivity contribution in [1.82, 2.24) is 9.97 Å². The molecule has 8 heteroatoms. The molecule has 0 spiro atoms. The van der Waals surface area contributed by atoms with Gasteiger partial charge in [0.1, 0.15) is 11.5 Å². The minimum atomic E-state index is -1.04. The Morgan fingerprint density at radius 1 is 0.611 bits per heavy atom. The zero-order chi connectivity index (χ0) is 25.1. The molecule has 0 bridgehead atoms. The van der Waals surface area contributed by atoms with Crippen LogP contribution in [-0.4, -0.2) is 45.3 Å². The van der Waals surface area contributed by atoms with Crippen molar-refractivity contribution in [3.05, 3.63) is 84.9 Å². The summed E-state index contributed by atoms with van der Waals surface area (Å²) < 4.78 is 10.6. The first-order chi connectivity index (χ1) is 17.5. The number of benzene rings is 3. The second-order valence-electron chi connectivity index (χ2n) is 8.02. The third-order valence-corrected chi connectivity index (χ3v) is 5.50. The summed E-state index contributed by atoms with van der Waals surface area (Å²) in [7, 11) is 0. The van der Waals surface area contributed by atoms with Crippen LogP contribution in [0.5, 0.6) is 11.5 Å². The fourth-order valence-corrected chi connectivity index (χ4v) is 3.87. The smallest absolute Gasteiger partial charge is 0.341 e. The van der Waals surface area contributed by atoms with Gasteiger partial charge in [0.05, 0.1) is 22.4 Å². The summed E-state index contributed by atoms with van der Waals surface area (Å²) in [6.45, 7) is -0.844. The van der Waals surface area contributed by atoms with E-state index in [9.17, 15) is 9.59 Å². The Hall–Kier alpha value is -4.98. The van der Waals surface area contributed by atoms with Gasteiger partial charge in [0.25, 0.3) is 0 Å². The Morgan fingerprint density at radius 3 is 1.44 bits per heavy atom. The lowest BCUT2D eigenvalue weighted by Gasteiger charge is -2.10. The number of carboxylic acid groups (broad SMARTS) is 2. The summed E-state index contributed by atoms with van der Waals surface area (Å²) in [5.74, 6) is -1.20. The van der Waals surface area contributed by atoms with Gasteiger partial charge in [-0.25, -0.2) is 19.6 Å². The molecule has 0 atom stereocenters. The topological polar surface area (TPSA) is 119 Å². The molecule has 2 heterocycles. The number of rotatable bonds is 8. The number of aromatic nitrogens is 2. The molecule has 36 heavy (non-hydrogen) atoms.